The lowest BCUT2D eigenvalue weighted by molar-refractivity contribution is -0.111. The van der Waals surface area contributed by atoms with Crippen LogP contribution in [0.15, 0.2) is 65.3 Å². The van der Waals surface area contributed by atoms with Gasteiger partial charge >= 0.3 is 0 Å². The number of nitrogens with one attached hydrogen (secondary N) is 2. The molecule has 12 nitrogen and oxygen atoms in total. The van der Waals surface area contributed by atoms with Gasteiger partial charge in [0.1, 0.15) is 11.3 Å². The first kappa shape index (κ1) is 28.2. The van der Waals surface area contributed by atoms with E-state index in [-0.39, 0.29) is 11.8 Å². The van der Waals surface area contributed by atoms with Gasteiger partial charge in [0, 0.05) is 62.4 Å². The SMILES string of the molecule is COc1cc(N2CCN(C)CC2)ccc1Nc1ncc2c(n1)N(c1cccc(NC(=O)C=C(C)C)c1)C1=NCCN1C2=O. The van der Waals surface area contributed by atoms with Gasteiger partial charge in [-0.25, -0.2) is 4.98 Å². The minimum absolute atomic E-state index is 0.198. The molecule has 0 saturated carbocycles. The highest BCUT2D eigenvalue weighted by Crippen LogP contribution is 2.37. The van der Waals surface area contributed by atoms with Crippen LogP contribution in [0.2, 0.25) is 0 Å². The molecule has 0 atom stereocenters. The highest BCUT2D eigenvalue weighted by molar-refractivity contribution is 6.21. The maximum absolute atomic E-state index is 13.4. The third-order valence-electron chi connectivity index (χ3n) is 7.57. The number of piperazine rings is 1. The molecule has 2 N–H and O–H groups in total. The van der Waals surface area contributed by atoms with Crippen molar-refractivity contribution in [3.63, 3.8) is 0 Å². The fraction of sp³-hybridized carbons (Fsp3) is 0.323. The number of fused-ring (bicyclic) bond motifs is 2. The third-order valence-corrected chi connectivity index (χ3v) is 7.57. The van der Waals surface area contributed by atoms with Crippen LogP contribution in [0.5, 0.6) is 5.75 Å². The molecule has 3 aliphatic rings. The van der Waals surface area contributed by atoms with Crippen molar-refractivity contribution in [2.75, 3.05) is 73.9 Å². The van der Waals surface area contributed by atoms with Gasteiger partial charge in [0.05, 0.1) is 25.0 Å². The molecular weight excluding hydrogens is 546 g/mol. The Bertz CT molecular complexity index is 1620. The minimum Gasteiger partial charge on any atom is -0.494 e. The van der Waals surface area contributed by atoms with E-state index in [0.29, 0.717) is 59.2 Å². The van der Waals surface area contributed by atoms with E-state index in [1.54, 1.807) is 24.3 Å². The molecular formula is C31H35N9O3. The van der Waals surface area contributed by atoms with Crippen molar-refractivity contribution in [2.24, 2.45) is 4.99 Å². The zero-order valence-corrected chi connectivity index (χ0v) is 24.8. The molecule has 0 bridgehead atoms. The molecule has 0 radical (unpaired) electrons. The summed E-state index contributed by atoms with van der Waals surface area (Å²) in [4.78, 5) is 47.9. The van der Waals surface area contributed by atoms with Crippen LogP contribution in [0, 0.1) is 0 Å². The molecule has 1 fully saturated rings. The van der Waals surface area contributed by atoms with Crippen LogP contribution in [0.25, 0.3) is 0 Å². The van der Waals surface area contributed by atoms with Crippen molar-refractivity contribution in [2.45, 2.75) is 13.8 Å². The molecule has 4 heterocycles. The number of ether oxygens (including phenoxy) is 1. The Balaban J connectivity index is 1.33. The normalized spacial score (nSPS) is 16.3. The third kappa shape index (κ3) is 5.73. The van der Waals surface area contributed by atoms with Crippen LogP contribution < -0.4 is 25.2 Å². The first-order valence-corrected chi connectivity index (χ1v) is 14.3. The van der Waals surface area contributed by atoms with Crippen molar-refractivity contribution in [3.05, 3.63) is 65.9 Å². The molecule has 0 spiro atoms. The number of carbonyl (C=O) groups is 2. The summed E-state index contributed by atoms with van der Waals surface area (Å²) in [6, 6.07) is 13.4. The zero-order chi connectivity index (χ0) is 30.1. The number of likely N-dealkylation sites (N-methyl/N-ethyl adjacent to an activating group) is 1. The van der Waals surface area contributed by atoms with E-state index in [1.807, 2.05) is 55.1 Å². The summed E-state index contributed by atoms with van der Waals surface area (Å²) in [6.07, 6.45) is 3.09. The number of aromatic nitrogens is 2. The van der Waals surface area contributed by atoms with Gasteiger partial charge in [-0.05, 0) is 51.2 Å². The van der Waals surface area contributed by atoms with Crippen molar-refractivity contribution < 1.29 is 14.3 Å². The largest absolute Gasteiger partial charge is 0.494 e. The molecule has 0 unspecified atom stereocenters. The van der Waals surface area contributed by atoms with E-state index in [0.717, 1.165) is 37.4 Å². The van der Waals surface area contributed by atoms with E-state index in [2.05, 4.69) is 43.5 Å². The summed E-state index contributed by atoms with van der Waals surface area (Å²) < 4.78 is 5.73. The van der Waals surface area contributed by atoms with Crippen LogP contribution in [0.1, 0.15) is 24.2 Å². The Morgan fingerprint density at radius 3 is 2.60 bits per heavy atom. The molecule has 12 heteroatoms. The first-order valence-electron chi connectivity index (χ1n) is 14.3. The molecule has 3 aromatic rings. The Morgan fingerprint density at radius 2 is 1.84 bits per heavy atom. The standard InChI is InChI=1S/C31H35N9O3/c1-20(2)16-27(41)34-21-6-5-7-23(17-21)40-28-24(29(42)39-11-10-32-31(39)40)19-33-30(36-28)35-25-9-8-22(18-26(25)43-4)38-14-12-37(3)13-15-38/h5-9,16-19H,10-15H2,1-4H3,(H,34,41)(H,33,35,36). The average molecular weight is 582 g/mol. The summed E-state index contributed by atoms with van der Waals surface area (Å²) in [5.41, 5.74) is 4.37. The van der Waals surface area contributed by atoms with E-state index in [1.165, 1.54) is 0 Å². The van der Waals surface area contributed by atoms with E-state index >= 15 is 0 Å². The maximum Gasteiger partial charge on any atom is 0.266 e. The van der Waals surface area contributed by atoms with Gasteiger partial charge in [-0.2, -0.15) is 4.98 Å². The van der Waals surface area contributed by atoms with Gasteiger partial charge in [0.25, 0.3) is 5.91 Å². The number of rotatable bonds is 7. The van der Waals surface area contributed by atoms with Gasteiger partial charge in [-0.3, -0.25) is 24.4 Å². The number of hydrogen-bond acceptors (Lipinski definition) is 10. The second-order valence-electron chi connectivity index (χ2n) is 11.0. The predicted octanol–water partition coefficient (Wildman–Crippen LogP) is 3.85. The molecule has 43 heavy (non-hydrogen) atoms. The number of allylic oxidation sites excluding steroid dienone is 1. The quantitative estimate of drug-likeness (QED) is 0.401. The lowest BCUT2D eigenvalue weighted by Gasteiger charge is -2.35. The molecule has 3 aliphatic heterocycles. The fourth-order valence-corrected chi connectivity index (χ4v) is 5.38. The van der Waals surface area contributed by atoms with Crippen LogP contribution in [0.4, 0.5) is 34.5 Å². The number of nitrogens with zero attached hydrogens (tertiary/aromatic N) is 7. The summed E-state index contributed by atoms with van der Waals surface area (Å²) in [7, 11) is 3.77. The van der Waals surface area contributed by atoms with Gasteiger partial charge in [0.15, 0.2) is 5.82 Å². The van der Waals surface area contributed by atoms with E-state index < -0.39 is 0 Å². The minimum atomic E-state index is -0.215. The Kier molecular flexibility index (Phi) is 7.68. The highest BCUT2D eigenvalue weighted by Gasteiger charge is 2.40. The number of carbonyl (C=O) groups excluding carboxylic acids is 2. The van der Waals surface area contributed by atoms with Crippen LogP contribution in [-0.4, -0.2) is 91.0 Å². The lowest BCUT2D eigenvalue weighted by Crippen LogP contribution is -2.48. The monoisotopic (exact) mass is 581 g/mol. The Labute approximate surface area is 250 Å². The van der Waals surface area contributed by atoms with Crippen molar-refractivity contribution >= 4 is 52.3 Å². The van der Waals surface area contributed by atoms with Crippen LogP contribution >= 0.6 is 0 Å². The molecule has 2 amide bonds. The predicted molar refractivity (Wildman–Crippen MR) is 168 cm³/mol. The molecule has 1 saturated heterocycles. The maximum atomic E-state index is 13.4. The van der Waals surface area contributed by atoms with Crippen molar-refractivity contribution in [3.8, 4) is 5.75 Å². The molecule has 1 aromatic heterocycles. The smallest absolute Gasteiger partial charge is 0.266 e. The van der Waals surface area contributed by atoms with E-state index in [9.17, 15) is 9.59 Å². The van der Waals surface area contributed by atoms with E-state index in [4.69, 9.17) is 9.72 Å². The molecule has 0 aliphatic carbocycles. The fourth-order valence-electron chi connectivity index (χ4n) is 5.38. The number of benzene rings is 2. The Morgan fingerprint density at radius 1 is 1.02 bits per heavy atom. The second-order valence-corrected chi connectivity index (χ2v) is 11.0. The van der Waals surface area contributed by atoms with Gasteiger partial charge in [-0.1, -0.05) is 11.6 Å². The molecule has 222 valence electrons. The van der Waals surface area contributed by atoms with Crippen molar-refractivity contribution in [1.82, 2.24) is 19.8 Å². The lowest BCUT2D eigenvalue weighted by atomic mass is 10.1. The number of aliphatic imine (C=N–C) groups is 1. The van der Waals surface area contributed by atoms with Crippen LogP contribution in [0.3, 0.4) is 0 Å². The summed E-state index contributed by atoms with van der Waals surface area (Å²) in [5.74, 6) is 1.45. The van der Waals surface area contributed by atoms with Gasteiger partial charge < -0.3 is 25.2 Å². The first-order chi connectivity index (χ1) is 20.8. The molecule has 6 rings (SSSR count). The summed E-state index contributed by atoms with van der Waals surface area (Å²) in [6.45, 7) is 8.61. The number of guanidine groups is 1. The highest BCUT2D eigenvalue weighted by atomic mass is 16.5. The summed E-state index contributed by atoms with van der Waals surface area (Å²) >= 11 is 0. The number of anilines is 6. The van der Waals surface area contributed by atoms with Crippen molar-refractivity contribution in [1.29, 1.82) is 0 Å². The van der Waals surface area contributed by atoms with Gasteiger partial charge in [0.2, 0.25) is 17.8 Å². The number of methoxy groups -OCH3 is 1. The number of amides is 2. The van der Waals surface area contributed by atoms with Crippen LogP contribution in [-0.2, 0) is 4.79 Å². The summed E-state index contributed by atoms with van der Waals surface area (Å²) in [5, 5.41) is 6.19. The average Bonchev–Trinajstić information content (AvgIpc) is 3.48. The van der Waals surface area contributed by atoms with Gasteiger partial charge in [-0.15, -0.1) is 0 Å². The number of hydrogen-bond donors (Lipinski definition) is 2. The second kappa shape index (κ2) is 11.7. The zero-order valence-electron chi connectivity index (χ0n) is 24.8. The molecule has 2 aromatic carbocycles. The Hall–Kier alpha value is -4.97. The topological polar surface area (TPSA) is 119 Å².